The van der Waals surface area contributed by atoms with E-state index in [9.17, 15) is 34.2 Å². The van der Waals surface area contributed by atoms with Crippen molar-refractivity contribution in [3.63, 3.8) is 0 Å². The third kappa shape index (κ3) is 9.53. The summed E-state index contributed by atoms with van der Waals surface area (Å²) in [5.74, 6) is -3.61. The zero-order valence-corrected chi connectivity index (χ0v) is 25.4. The van der Waals surface area contributed by atoms with Crippen molar-refractivity contribution < 1.29 is 34.2 Å². The molecular formula is C32H43N5O7. The number of piperidine rings is 1. The van der Waals surface area contributed by atoms with Crippen LogP contribution < -0.4 is 21.7 Å². The lowest BCUT2D eigenvalue weighted by Crippen LogP contribution is -2.61. The number of amides is 4. The van der Waals surface area contributed by atoms with E-state index in [1.165, 1.54) is 24.0 Å². The molecular weight excluding hydrogens is 566 g/mol. The van der Waals surface area contributed by atoms with Crippen LogP contribution in [0.2, 0.25) is 0 Å². The Morgan fingerprint density at radius 1 is 0.841 bits per heavy atom. The number of benzene rings is 2. The highest BCUT2D eigenvalue weighted by molar-refractivity contribution is 5.95. The van der Waals surface area contributed by atoms with Gasteiger partial charge in [-0.3, -0.25) is 19.2 Å². The Hall–Kier alpha value is -4.45. The molecule has 0 spiro atoms. The van der Waals surface area contributed by atoms with Crippen LogP contribution >= 0.6 is 0 Å². The number of carbonyl (C=O) groups is 5. The highest BCUT2D eigenvalue weighted by atomic mass is 16.4. The number of rotatable bonds is 13. The molecule has 1 saturated heterocycles. The number of aromatic hydroxyl groups is 1. The van der Waals surface area contributed by atoms with E-state index in [4.69, 9.17) is 5.73 Å². The summed E-state index contributed by atoms with van der Waals surface area (Å²) in [6.07, 6.45) is 1.77. The predicted octanol–water partition coefficient (Wildman–Crippen LogP) is 1.10. The molecule has 12 heteroatoms. The Kier molecular flexibility index (Phi) is 12.3. The number of aliphatic carboxylic acids is 1. The summed E-state index contributed by atoms with van der Waals surface area (Å²) in [4.78, 5) is 66.8. The van der Waals surface area contributed by atoms with Crippen LogP contribution in [0.25, 0.3) is 0 Å². The largest absolute Gasteiger partial charge is 0.508 e. The molecule has 12 nitrogen and oxygen atoms in total. The van der Waals surface area contributed by atoms with Crippen LogP contribution in [0.3, 0.4) is 0 Å². The van der Waals surface area contributed by atoms with E-state index < -0.39 is 59.8 Å². The minimum atomic E-state index is -1.30. The molecule has 2 aromatic carbocycles. The lowest BCUT2D eigenvalue weighted by atomic mass is 9.96. The fourth-order valence-corrected chi connectivity index (χ4v) is 5.11. The van der Waals surface area contributed by atoms with Crippen LogP contribution in [0.5, 0.6) is 5.75 Å². The van der Waals surface area contributed by atoms with Gasteiger partial charge in [-0.2, -0.15) is 0 Å². The van der Waals surface area contributed by atoms with Gasteiger partial charge in [-0.15, -0.1) is 0 Å². The number of nitrogens with two attached hydrogens (primary N) is 1. The Bertz CT molecular complexity index is 1300. The Balaban J connectivity index is 1.82. The first kappa shape index (κ1) is 34.0. The minimum Gasteiger partial charge on any atom is -0.508 e. The summed E-state index contributed by atoms with van der Waals surface area (Å²) in [5, 5.41) is 27.4. The molecule has 1 heterocycles. The Morgan fingerprint density at radius 3 is 2.05 bits per heavy atom. The third-order valence-corrected chi connectivity index (χ3v) is 7.64. The fourth-order valence-electron chi connectivity index (χ4n) is 5.11. The number of carbonyl (C=O) groups excluding carboxylic acids is 4. The number of likely N-dealkylation sites (tertiary alicyclic amines) is 1. The van der Waals surface area contributed by atoms with Crippen LogP contribution in [0.4, 0.5) is 0 Å². The van der Waals surface area contributed by atoms with Gasteiger partial charge in [-0.25, -0.2) is 4.79 Å². The molecule has 1 aliphatic heterocycles. The molecule has 2 aromatic rings. The number of hydrogen-bond acceptors (Lipinski definition) is 7. The van der Waals surface area contributed by atoms with Crippen molar-refractivity contribution in [2.45, 2.75) is 83.1 Å². The molecule has 1 fully saturated rings. The topological polar surface area (TPSA) is 191 Å². The number of carboxylic acid groups (broad SMARTS) is 1. The van der Waals surface area contributed by atoms with Crippen molar-refractivity contribution in [3.8, 4) is 5.75 Å². The van der Waals surface area contributed by atoms with E-state index in [2.05, 4.69) is 16.0 Å². The van der Waals surface area contributed by atoms with Crippen molar-refractivity contribution in [2.75, 3.05) is 6.54 Å². The Morgan fingerprint density at radius 2 is 1.45 bits per heavy atom. The number of nitrogens with one attached hydrogen (secondary N) is 3. The molecule has 0 radical (unpaired) electrons. The van der Waals surface area contributed by atoms with Crippen LogP contribution in [0.1, 0.15) is 51.2 Å². The number of carboxylic acids is 1. The monoisotopic (exact) mass is 609 g/mol. The quantitative estimate of drug-likeness (QED) is 0.194. The standard InChI is InChI=1S/C32H43N5O7/c1-19(2)27(36-28(39)20(3)33)31(42)37-16-8-7-11-26(37)30(41)34-24(17-21-9-5-4-6-10-21)29(40)35-25(32(43)44)18-22-12-14-23(38)15-13-22/h4-6,9-10,12-15,19-20,24-27,38H,7-8,11,16-18,33H2,1-3H3,(H,34,41)(H,35,40)(H,36,39)(H,43,44)/t20-,24-,25-,26?,27-/m0/s1. The van der Waals surface area contributed by atoms with Crippen molar-refractivity contribution in [2.24, 2.45) is 11.7 Å². The zero-order chi connectivity index (χ0) is 32.4. The predicted molar refractivity (Wildman–Crippen MR) is 163 cm³/mol. The molecule has 4 amide bonds. The molecule has 1 aliphatic rings. The van der Waals surface area contributed by atoms with Crippen LogP contribution in [-0.2, 0) is 36.8 Å². The highest BCUT2D eigenvalue weighted by Gasteiger charge is 2.39. The van der Waals surface area contributed by atoms with Crippen molar-refractivity contribution in [1.29, 1.82) is 0 Å². The van der Waals surface area contributed by atoms with E-state index >= 15 is 0 Å². The van der Waals surface area contributed by atoms with E-state index in [-0.39, 0.29) is 24.5 Å². The summed E-state index contributed by atoms with van der Waals surface area (Å²) in [6, 6.07) is 9.96. The van der Waals surface area contributed by atoms with Gasteiger partial charge in [0.15, 0.2) is 0 Å². The molecule has 238 valence electrons. The number of nitrogens with zero attached hydrogens (tertiary/aromatic N) is 1. The maximum absolute atomic E-state index is 13.8. The van der Waals surface area contributed by atoms with E-state index in [1.807, 2.05) is 6.07 Å². The SMILES string of the molecule is CC(C)[C@H](NC(=O)[C@H](C)N)C(=O)N1CCCCC1C(=O)N[C@@H](Cc1ccccc1)C(=O)N[C@@H](Cc1ccc(O)cc1)C(=O)O. The average Bonchev–Trinajstić information content (AvgIpc) is 2.99. The number of hydrogen-bond donors (Lipinski definition) is 6. The number of phenolic OH excluding ortho intramolecular Hbond substituents is 1. The number of phenols is 1. The minimum absolute atomic E-state index is 0.0292. The summed E-state index contributed by atoms with van der Waals surface area (Å²) < 4.78 is 0. The highest BCUT2D eigenvalue weighted by Crippen LogP contribution is 2.21. The second-order valence-electron chi connectivity index (χ2n) is 11.6. The van der Waals surface area contributed by atoms with Gasteiger partial charge in [0.25, 0.3) is 0 Å². The second-order valence-corrected chi connectivity index (χ2v) is 11.6. The van der Waals surface area contributed by atoms with Gasteiger partial charge in [0.05, 0.1) is 6.04 Å². The molecule has 5 atom stereocenters. The van der Waals surface area contributed by atoms with E-state index in [0.717, 1.165) is 5.56 Å². The maximum Gasteiger partial charge on any atom is 0.326 e. The average molecular weight is 610 g/mol. The molecule has 3 rings (SSSR count). The lowest BCUT2D eigenvalue weighted by molar-refractivity contribution is -0.147. The summed E-state index contributed by atoms with van der Waals surface area (Å²) >= 11 is 0. The second kappa shape index (κ2) is 15.9. The first-order valence-electron chi connectivity index (χ1n) is 14.9. The first-order valence-corrected chi connectivity index (χ1v) is 14.9. The van der Waals surface area contributed by atoms with E-state index in [1.54, 1.807) is 50.2 Å². The van der Waals surface area contributed by atoms with Crippen LogP contribution in [-0.4, -0.2) is 81.5 Å². The Labute approximate surface area is 257 Å². The van der Waals surface area contributed by atoms with Crippen molar-refractivity contribution in [1.82, 2.24) is 20.9 Å². The van der Waals surface area contributed by atoms with Gasteiger partial charge in [-0.05, 0) is 55.4 Å². The van der Waals surface area contributed by atoms with Gasteiger partial charge in [0.2, 0.25) is 23.6 Å². The van der Waals surface area contributed by atoms with Crippen molar-refractivity contribution in [3.05, 3.63) is 65.7 Å². The lowest BCUT2D eigenvalue weighted by Gasteiger charge is -2.38. The summed E-state index contributed by atoms with van der Waals surface area (Å²) in [6.45, 7) is 5.41. The molecule has 7 N–H and O–H groups in total. The zero-order valence-electron chi connectivity index (χ0n) is 25.4. The molecule has 0 aromatic heterocycles. The molecule has 0 bridgehead atoms. The fraction of sp³-hybridized carbons (Fsp3) is 0.469. The summed E-state index contributed by atoms with van der Waals surface area (Å²) in [7, 11) is 0. The molecule has 1 unspecified atom stereocenters. The summed E-state index contributed by atoms with van der Waals surface area (Å²) in [5.41, 5.74) is 7.03. The maximum atomic E-state index is 13.8. The molecule has 0 aliphatic carbocycles. The van der Waals surface area contributed by atoms with Gasteiger partial charge in [0, 0.05) is 19.4 Å². The normalized spacial score (nSPS) is 17.6. The van der Waals surface area contributed by atoms with Gasteiger partial charge in [0.1, 0.15) is 29.9 Å². The smallest absolute Gasteiger partial charge is 0.326 e. The molecule has 0 saturated carbocycles. The van der Waals surface area contributed by atoms with E-state index in [0.29, 0.717) is 31.4 Å². The van der Waals surface area contributed by atoms with Gasteiger partial charge < -0.3 is 36.8 Å². The van der Waals surface area contributed by atoms with Crippen LogP contribution in [0, 0.1) is 5.92 Å². The van der Waals surface area contributed by atoms with Gasteiger partial charge in [-0.1, -0.05) is 56.3 Å². The third-order valence-electron chi connectivity index (χ3n) is 7.64. The molecule has 44 heavy (non-hydrogen) atoms. The van der Waals surface area contributed by atoms with Crippen molar-refractivity contribution >= 4 is 29.6 Å². The first-order chi connectivity index (χ1) is 20.9. The van der Waals surface area contributed by atoms with Gasteiger partial charge >= 0.3 is 5.97 Å². The van der Waals surface area contributed by atoms with Crippen LogP contribution in [0.15, 0.2) is 54.6 Å².